The monoisotopic (exact) mass is 462 g/mol. The Morgan fingerprint density at radius 3 is 2.42 bits per heavy atom. The number of nitrogens with two attached hydrogens (primary N) is 1. The van der Waals surface area contributed by atoms with Crippen LogP contribution in [-0.4, -0.2) is 70.8 Å². The maximum absolute atomic E-state index is 11.6. The molecular formula is C23H38N6O4. The van der Waals surface area contributed by atoms with E-state index >= 15 is 0 Å². The molecule has 0 unspecified atom stereocenters. The Morgan fingerprint density at radius 1 is 1.03 bits per heavy atom. The molecule has 33 heavy (non-hydrogen) atoms. The van der Waals surface area contributed by atoms with Crippen LogP contribution in [0, 0.1) is 5.92 Å². The van der Waals surface area contributed by atoms with Gasteiger partial charge in [-0.25, -0.2) is 0 Å². The third-order valence-electron chi connectivity index (χ3n) is 6.21. The Hall–Kier alpha value is -2.62. The summed E-state index contributed by atoms with van der Waals surface area (Å²) in [5, 5.41) is 0. The SMILES string of the molecule is CCCCOc1nc(N)c2nc(OC)n(CCCCCCN3CCC(C(=O)OC)CC3)c2n1. The van der Waals surface area contributed by atoms with Gasteiger partial charge in [-0.1, -0.05) is 26.2 Å². The highest BCUT2D eigenvalue weighted by Crippen LogP contribution is 2.26. The number of hydrogen-bond acceptors (Lipinski definition) is 9. The molecule has 2 aromatic rings. The number of carbonyl (C=O) groups excluding carboxylic acids is 1. The number of nitrogen functional groups attached to an aromatic ring is 1. The smallest absolute Gasteiger partial charge is 0.320 e. The second kappa shape index (κ2) is 12.6. The van der Waals surface area contributed by atoms with E-state index in [1.54, 1.807) is 7.11 Å². The topological polar surface area (TPSA) is 118 Å². The minimum atomic E-state index is -0.0660. The first-order valence-corrected chi connectivity index (χ1v) is 12.1. The van der Waals surface area contributed by atoms with Crippen molar-refractivity contribution in [1.29, 1.82) is 0 Å². The summed E-state index contributed by atoms with van der Waals surface area (Å²) in [6, 6.07) is 0.776. The van der Waals surface area contributed by atoms with Gasteiger partial charge in [0.1, 0.15) is 0 Å². The van der Waals surface area contributed by atoms with Crippen molar-refractivity contribution in [2.24, 2.45) is 5.92 Å². The molecule has 0 radical (unpaired) electrons. The van der Waals surface area contributed by atoms with Crippen molar-refractivity contribution < 1.29 is 19.0 Å². The fourth-order valence-corrected chi connectivity index (χ4v) is 4.23. The van der Waals surface area contributed by atoms with E-state index in [0.29, 0.717) is 29.6 Å². The number of imidazole rings is 1. The van der Waals surface area contributed by atoms with Crippen molar-refractivity contribution in [2.45, 2.75) is 64.8 Å². The van der Waals surface area contributed by atoms with Gasteiger partial charge in [0.2, 0.25) is 0 Å². The van der Waals surface area contributed by atoms with Crippen LogP contribution in [0.25, 0.3) is 11.2 Å². The highest BCUT2D eigenvalue weighted by Gasteiger charge is 2.25. The Bertz CT molecular complexity index is 895. The van der Waals surface area contributed by atoms with Gasteiger partial charge < -0.3 is 24.8 Å². The summed E-state index contributed by atoms with van der Waals surface area (Å²) in [6.07, 6.45) is 8.15. The molecule has 0 aromatic carbocycles. The molecule has 1 aliphatic rings. The zero-order valence-electron chi connectivity index (χ0n) is 20.2. The van der Waals surface area contributed by atoms with Crippen molar-refractivity contribution in [3.63, 3.8) is 0 Å². The van der Waals surface area contributed by atoms with E-state index in [1.165, 1.54) is 7.11 Å². The molecule has 0 spiro atoms. The molecule has 2 N–H and O–H groups in total. The first-order chi connectivity index (χ1) is 16.1. The molecule has 3 heterocycles. The van der Waals surface area contributed by atoms with Crippen LogP contribution in [-0.2, 0) is 16.1 Å². The summed E-state index contributed by atoms with van der Waals surface area (Å²) >= 11 is 0. The summed E-state index contributed by atoms with van der Waals surface area (Å²) in [4.78, 5) is 27.3. The molecule has 184 valence electrons. The number of likely N-dealkylation sites (tertiary alicyclic amines) is 1. The second-order valence-corrected chi connectivity index (χ2v) is 8.57. The van der Waals surface area contributed by atoms with Crippen molar-refractivity contribution >= 4 is 23.0 Å². The van der Waals surface area contributed by atoms with E-state index < -0.39 is 0 Å². The normalized spacial score (nSPS) is 15.1. The number of unbranched alkanes of at least 4 members (excludes halogenated alkanes) is 4. The maximum Gasteiger partial charge on any atom is 0.320 e. The summed E-state index contributed by atoms with van der Waals surface area (Å²) < 4.78 is 17.9. The maximum atomic E-state index is 11.6. The molecule has 2 aromatic heterocycles. The molecule has 1 fully saturated rings. The van der Waals surface area contributed by atoms with Gasteiger partial charge in [0.15, 0.2) is 17.0 Å². The van der Waals surface area contributed by atoms with E-state index in [4.69, 9.17) is 19.9 Å². The lowest BCUT2D eigenvalue weighted by Crippen LogP contribution is -2.37. The molecule has 0 bridgehead atoms. The van der Waals surface area contributed by atoms with E-state index in [9.17, 15) is 4.79 Å². The number of aromatic nitrogens is 4. The molecule has 0 atom stereocenters. The lowest BCUT2D eigenvalue weighted by Gasteiger charge is -2.30. The van der Waals surface area contributed by atoms with Crippen molar-refractivity contribution in [1.82, 2.24) is 24.4 Å². The summed E-state index contributed by atoms with van der Waals surface area (Å²) in [7, 11) is 3.07. The van der Waals surface area contributed by atoms with Crippen LogP contribution in [0.4, 0.5) is 5.82 Å². The van der Waals surface area contributed by atoms with Crippen LogP contribution in [0.5, 0.6) is 12.0 Å². The van der Waals surface area contributed by atoms with Crippen LogP contribution in [0.1, 0.15) is 58.3 Å². The molecule has 1 aliphatic heterocycles. The number of carbonyl (C=O) groups is 1. The van der Waals surface area contributed by atoms with Crippen LogP contribution in [0.15, 0.2) is 0 Å². The Kier molecular flexibility index (Phi) is 9.53. The quantitative estimate of drug-likeness (QED) is 0.354. The highest BCUT2D eigenvalue weighted by atomic mass is 16.5. The first kappa shape index (κ1) is 25.0. The van der Waals surface area contributed by atoms with Gasteiger partial charge in [-0.2, -0.15) is 15.0 Å². The molecule has 10 nitrogen and oxygen atoms in total. The zero-order chi connectivity index (χ0) is 23.6. The van der Waals surface area contributed by atoms with Crippen molar-refractivity contribution in [2.75, 3.05) is 46.2 Å². The van der Waals surface area contributed by atoms with E-state index in [1.807, 2.05) is 4.57 Å². The summed E-state index contributed by atoms with van der Waals surface area (Å²) in [5.74, 6) is 0.310. The number of nitrogens with zero attached hydrogens (tertiary/aromatic N) is 5. The standard InChI is InChI=1S/C23H38N6O4/c1-4-5-16-33-22-26-19(24)18-20(27-22)29(23(25-18)32-3)13-9-7-6-8-12-28-14-10-17(11-15-28)21(30)31-2/h17H,4-16H2,1-3H3,(H2,24,26,27). The van der Waals surface area contributed by atoms with Gasteiger partial charge in [0.25, 0.3) is 6.01 Å². The van der Waals surface area contributed by atoms with E-state index in [0.717, 1.165) is 77.5 Å². The van der Waals surface area contributed by atoms with Gasteiger partial charge in [-0.05, 0) is 51.7 Å². The Morgan fingerprint density at radius 2 is 1.76 bits per heavy atom. The number of piperidine rings is 1. The average molecular weight is 463 g/mol. The summed E-state index contributed by atoms with van der Waals surface area (Å²) in [5.41, 5.74) is 7.30. The van der Waals surface area contributed by atoms with Gasteiger partial charge >= 0.3 is 12.0 Å². The lowest BCUT2D eigenvalue weighted by atomic mass is 9.97. The molecular weight excluding hydrogens is 424 g/mol. The lowest BCUT2D eigenvalue weighted by molar-refractivity contribution is -0.147. The number of methoxy groups -OCH3 is 2. The molecule has 10 heteroatoms. The third kappa shape index (κ3) is 6.69. The fraction of sp³-hybridized carbons (Fsp3) is 0.739. The summed E-state index contributed by atoms with van der Waals surface area (Å²) in [6.45, 7) is 6.44. The van der Waals surface area contributed by atoms with Crippen LogP contribution < -0.4 is 15.2 Å². The zero-order valence-corrected chi connectivity index (χ0v) is 20.2. The number of hydrogen-bond donors (Lipinski definition) is 1. The van der Waals surface area contributed by atoms with E-state index in [-0.39, 0.29) is 17.9 Å². The molecule has 3 rings (SSSR count). The van der Waals surface area contributed by atoms with Gasteiger partial charge in [-0.15, -0.1) is 0 Å². The van der Waals surface area contributed by atoms with Crippen LogP contribution in [0.3, 0.4) is 0 Å². The minimum absolute atomic E-state index is 0.0660. The number of esters is 1. The molecule has 0 saturated carbocycles. The molecule has 1 saturated heterocycles. The molecule has 0 amide bonds. The Balaban J connectivity index is 1.46. The van der Waals surface area contributed by atoms with Crippen LogP contribution >= 0.6 is 0 Å². The minimum Gasteiger partial charge on any atom is -0.469 e. The number of fused-ring (bicyclic) bond motifs is 1. The number of anilines is 1. The predicted molar refractivity (Wildman–Crippen MR) is 126 cm³/mol. The Labute approximate surface area is 195 Å². The highest BCUT2D eigenvalue weighted by molar-refractivity contribution is 5.83. The fourth-order valence-electron chi connectivity index (χ4n) is 4.23. The predicted octanol–water partition coefficient (Wildman–Crippen LogP) is 3.04. The number of aryl methyl sites for hydroxylation is 1. The van der Waals surface area contributed by atoms with E-state index in [2.05, 4.69) is 26.8 Å². The average Bonchev–Trinajstić information content (AvgIpc) is 3.19. The third-order valence-corrected chi connectivity index (χ3v) is 6.21. The largest absolute Gasteiger partial charge is 0.469 e. The second-order valence-electron chi connectivity index (χ2n) is 8.57. The number of rotatable bonds is 13. The first-order valence-electron chi connectivity index (χ1n) is 12.1. The van der Waals surface area contributed by atoms with Gasteiger partial charge in [-0.3, -0.25) is 9.36 Å². The van der Waals surface area contributed by atoms with Gasteiger partial charge in [0, 0.05) is 6.54 Å². The van der Waals surface area contributed by atoms with Crippen LogP contribution in [0.2, 0.25) is 0 Å². The van der Waals surface area contributed by atoms with Crippen molar-refractivity contribution in [3.8, 4) is 12.0 Å². The van der Waals surface area contributed by atoms with Gasteiger partial charge in [0.05, 0.1) is 26.7 Å². The molecule has 0 aliphatic carbocycles. The number of ether oxygens (including phenoxy) is 3. The van der Waals surface area contributed by atoms with Crippen molar-refractivity contribution in [3.05, 3.63) is 0 Å².